The lowest BCUT2D eigenvalue weighted by atomic mass is 10.2. The number of amides is 2. The Morgan fingerprint density at radius 2 is 2.23 bits per heavy atom. The molecule has 3 rings (SSSR count). The fraction of sp³-hybridized carbons (Fsp3) is 0.333. The zero-order chi connectivity index (χ0) is 18.5. The lowest BCUT2D eigenvalue weighted by molar-refractivity contribution is 0.188. The molecule has 138 valence electrons. The average Bonchev–Trinajstić information content (AvgIpc) is 2.66. The number of carbonyl (C=O) groups is 1. The number of aromatic nitrogens is 1. The number of ether oxygens (including phenoxy) is 1. The summed E-state index contributed by atoms with van der Waals surface area (Å²) in [5.74, 6) is 0.235. The van der Waals surface area contributed by atoms with E-state index in [2.05, 4.69) is 22.9 Å². The Morgan fingerprint density at radius 1 is 1.38 bits per heavy atom. The Bertz CT molecular complexity index is 776. The van der Waals surface area contributed by atoms with E-state index in [1.165, 1.54) is 12.3 Å². The van der Waals surface area contributed by atoms with Crippen LogP contribution in [0.3, 0.4) is 0 Å². The van der Waals surface area contributed by atoms with Gasteiger partial charge in [-0.05, 0) is 23.8 Å². The molecule has 1 unspecified atom stereocenters. The molecule has 1 saturated heterocycles. The van der Waals surface area contributed by atoms with Gasteiger partial charge >= 0.3 is 6.03 Å². The van der Waals surface area contributed by atoms with Crippen molar-refractivity contribution in [3.63, 3.8) is 0 Å². The maximum absolute atomic E-state index is 13.3. The quantitative estimate of drug-likeness (QED) is 0.636. The van der Waals surface area contributed by atoms with Gasteiger partial charge in [-0.3, -0.25) is 0 Å². The molecule has 0 radical (unpaired) electrons. The van der Waals surface area contributed by atoms with Gasteiger partial charge in [0.2, 0.25) is 5.95 Å². The Hall–Kier alpha value is -2.48. The molecule has 1 aromatic carbocycles. The highest BCUT2D eigenvalue weighted by atomic mass is 32.1. The van der Waals surface area contributed by atoms with Gasteiger partial charge in [0.1, 0.15) is 5.75 Å². The van der Waals surface area contributed by atoms with E-state index < -0.39 is 5.95 Å². The summed E-state index contributed by atoms with van der Waals surface area (Å²) < 4.78 is 18.5. The number of thiol groups is 1. The first-order valence-electron chi connectivity index (χ1n) is 8.29. The number of halogens is 1. The van der Waals surface area contributed by atoms with Crippen molar-refractivity contribution in [3.05, 3.63) is 54.1 Å². The molecular formula is C18H21FN4O2S. The van der Waals surface area contributed by atoms with E-state index in [9.17, 15) is 9.18 Å². The molecule has 8 heteroatoms. The molecule has 2 amide bonds. The Kier molecular flexibility index (Phi) is 5.82. The zero-order valence-electron chi connectivity index (χ0n) is 14.4. The second kappa shape index (κ2) is 8.27. The molecule has 2 aromatic rings. The molecule has 0 saturated carbocycles. The van der Waals surface area contributed by atoms with E-state index in [1.807, 2.05) is 29.2 Å². The first-order valence-corrected chi connectivity index (χ1v) is 8.80. The van der Waals surface area contributed by atoms with E-state index >= 15 is 0 Å². The summed E-state index contributed by atoms with van der Waals surface area (Å²) in [6.45, 7) is 2.03. The molecule has 1 N–H and O–H groups in total. The molecule has 1 atom stereocenters. The first kappa shape index (κ1) is 18.3. The minimum absolute atomic E-state index is 0.173. The van der Waals surface area contributed by atoms with Gasteiger partial charge in [0.15, 0.2) is 0 Å². The van der Waals surface area contributed by atoms with Crippen LogP contribution in [0.5, 0.6) is 5.75 Å². The highest BCUT2D eigenvalue weighted by Gasteiger charge is 2.28. The van der Waals surface area contributed by atoms with Crippen LogP contribution in [0.2, 0.25) is 0 Å². The number of hydrogen-bond donors (Lipinski definition) is 2. The summed E-state index contributed by atoms with van der Waals surface area (Å²) in [6.07, 6.45) is 1.44. The maximum Gasteiger partial charge on any atom is 0.318 e. The molecule has 1 aliphatic rings. The van der Waals surface area contributed by atoms with Crippen molar-refractivity contribution in [3.8, 4) is 5.75 Å². The molecule has 2 heterocycles. The summed E-state index contributed by atoms with van der Waals surface area (Å²) in [4.78, 5) is 19.7. The van der Waals surface area contributed by atoms with Crippen molar-refractivity contribution in [2.24, 2.45) is 0 Å². The Labute approximate surface area is 157 Å². The molecule has 1 aromatic heterocycles. The standard InChI is InChI=1S/C18H21FN4O2S/c1-25-15-4-2-3-13(9-15)11-21-18(24)23-8-7-22(12-17(23)26)14-5-6-20-16(19)10-14/h2-6,9-10,17,26H,7-8,11-12H2,1H3,(H,21,24). The molecule has 1 aliphatic heterocycles. The fourth-order valence-electron chi connectivity index (χ4n) is 2.89. The van der Waals surface area contributed by atoms with Crippen LogP contribution in [0.4, 0.5) is 14.9 Å². The zero-order valence-corrected chi connectivity index (χ0v) is 15.3. The number of carbonyl (C=O) groups excluding carboxylic acids is 1. The summed E-state index contributed by atoms with van der Waals surface area (Å²) in [6, 6.07) is 10.5. The molecular weight excluding hydrogens is 355 g/mol. The third-order valence-corrected chi connectivity index (χ3v) is 4.71. The molecule has 0 bridgehead atoms. The second-order valence-corrected chi connectivity index (χ2v) is 6.56. The van der Waals surface area contributed by atoms with E-state index in [1.54, 1.807) is 18.1 Å². The summed E-state index contributed by atoms with van der Waals surface area (Å²) in [5, 5.41) is 2.62. The van der Waals surface area contributed by atoms with Gasteiger partial charge in [-0.15, -0.1) is 0 Å². The van der Waals surface area contributed by atoms with Crippen molar-refractivity contribution in [2.75, 3.05) is 31.6 Å². The number of pyridine rings is 1. The predicted octanol–water partition coefficient (Wildman–Crippen LogP) is 2.52. The average molecular weight is 376 g/mol. The number of methoxy groups -OCH3 is 1. The highest BCUT2D eigenvalue weighted by molar-refractivity contribution is 7.80. The van der Waals surface area contributed by atoms with Gasteiger partial charge in [0, 0.05) is 44.1 Å². The van der Waals surface area contributed by atoms with Crippen molar-refractivity contribution in [1.29, 1.82) is 0 Å². The normalized spacial score (nSPS) is 17.1. The Morgan fingerprint density at radius 3 is 2.96 bits per heavy atom. The van der Waals surface area contributed by atoms with Gasteiger partial charge in [0.05, 0.1) is 12.5 Å². The van der Waals surface area contributed by atoms with Crippen LogP contribution in [-0.2, 0) is 6.54 Å². The van der Waals surface area contributed by atoms with Crippen LogP contribution in [0.15, 0.2) is 42.6 Å². The third-order valence-electron chi connectivity index (χ3n) is 4.27. The smallest absolute Gasteiger partial charge is 0.318 e. The van der Waals surface area contributed by atoms with Crippen molar-refractivity contribution in [1.82, 2.24) is 15.2 Å². The van der Waals surface area contributed by atoms with Crippen LogP contribution in [0, 0.1) is 5.95 Å². The minimum atomic E-state index is -0.517. The number of piperazine rings is 1. The number of benzene rings is 1. The Balaban J connectivity index is 1.56. The largest absolute Gasteiger partial charge is 0.497 e. The first-order chi connectivity index (χ1) is 12.6. The number of nitrogens with zero attached hydrogens (tertiary/aromatic N) is 3. The van der Waals surface area contributed by atoms with Crippen LogP contribution >= 0.6 is 12.6 Å². The third kappa shape index (κ3) is 4.37. The predicted molar refractivity (Wildman–Crippen MR) is 101 cm³/mol. The van der Waals surface area contributed by atoms with Crippen LogP contribution in [0.25, 0.3) is 0 Å². The fourth-order valence-corrected chi connectivity index (χ4v) is 3.30. The van der Waals surface area contributed by atoms with E-state index in [0.29, 0.717) is 26.2 Å². The molecule has 0 spiro atoms. The van der Waals surface area contributed by atoms with E-state index in [4.69, 9.17) is 4.74 Å². The highest BCUT2D eigenvalue weighted by Crippen LogP contribution is 2.21. The second-order valence-electron chi connectivity index (χ2n) is 5.97. The summed E-state index contributed by atoms with van der Waals surface area (Å²) in [5.41, 5.74) is 1.70. The number of anilines is 1. The van der Waals surface area contributed by atoms with Crippen molar-refractivity contribution >= 4 is 24.3 Å². The number of rotatable bonds is 4. The van der Waals surface area contributed by atoms with E-state index in [0.717, 1.165) is 17.0 Å². The monoisotopic (exact) mass is 376 g/mol. The van der Waals surface area contributed by atoms with Crippen molar-refractivity contribution in [2.45, 2.75) is 11.9 Å². The summed E-state index contributed by atoms with van der Waals surface area (Å²) >= 11 is 4.54. The number of hydrogen-bond acceptors (Lipinski definition) is 5. The number of urea groups is 1. The summed E-state index contributed by atoms with van der Waals surface area (Å²) in [7, 11) is 1.61. The van der Waals surface area contributed by atoms with Crippen LogP contribution < -0.4 is 15.0 Å². The SMILES string of the molecule is COc1cccc(CNC(=O)N2CCN(c3ccnc(F)c3)CC2S)c1. The lowest BCUT2D eigenvalue weighted by Crippen LogP contribution is -2.55. The lowest BCUT2D eigenvalue weighted by Gasteiger charge is -2.40. The topological polar surface area (TPSA) is 57.7 Å². The molecule has 1 fully saturated rings. The maximum atomic E-state index is 13.3. The molecule has 26 heavy (non-hydrogen) atoms. The molecule has 0 aliphatic carbocycles. The van der Waals surface area contributed by atoms with Crippen LogP contribution in [-0.4, -0.2) is 48.0 Å². The minimum Gasteiger partial charge on any atom is -0.497 e. The van der Waals surface area contributed by atoms with Gasteiger partial charge in [-0.25, -0.2) is 9.78 Å². The van der Waals surface area contributed by atoms with Gasteiger partial charge in [0.25, 0.3) is 0 Å². The van der Waals surface area contributed by atoms with E-state index in [-0.39, 0.29) is 11.4 Å². The van der Waals surface area contributed by atoms with Crippen LogP contribution in [0.1, 0.15) is 5.56 Å². The van der Waals surface area contributed by atoms with Crippen molar-refractivity contribution < 1.29 is 13.9 Å². The van der Waals surface area contributed by atoms with Gasteiger partial charge < -0.3 is 19.9 Å². The van der Waals surface area contributed by atoms with Gasteiger partial charge in [-0.2, -0.15) is 17.0 Å². The van der Waals surface area contributed by atoms with Gasteiger partial charge in [-0.1, -0.05) is 12.1 Å². The number of nitrogens with one attached hydrogen (secondary N) is 1. The molecule has 6 nitrogen and oxygen atoms in total.